The van der Waals surface area contributed by atoms with Gasteiger partial charge < -0.3 is 4.90 Å². The predicted molar refractivity (Wildman–Crippen MR) is 109 cm³/mol. The number of rotatable bonds is 2. The molecule has 2 aromatic heterocycles. The van der Waals surface area contributed by atoms with E-state index in [-0.39, 0.29) is 27.4 Å². The summed E-state index contributed by atoms with van der Waals surface area (Å²) in [6.07, 6.45) is -1.89. The Labute approximate surface area is 181 Å². The SMILES string of the molecule is O=C(c1nn2c(C(F)(F)F)cc(-c3ccc(Br)cc3)nc2c1Br)N1CCCCC1. The van der Waals surface area contributed by atoms with Crippen molar-refractivity contribution >= 4 is 43.4 Å². The van der Waals surface area contributed by atoms with Crippen LogP contribution in [0.5, 0.6) is 0 Å². The minimum atomic E-state index is -4.66. The molecule has 3 aromatic rings. The third kappa shape index (κ3) is 3.92. The van der Waals surface area contributed by atoms with Crippen molar-refractivity contribution in [2.45, 2.75) is 25.4 Å². The molecular formula is C19H15Br2F3N4O. The first kappa shape index (κ1) is 20.3. The number of amides is 1. The monoisotopic (exact) mass is 530 g/mol. The van der Waals surface area contributed by atoms with Crippen molar-refractivity contribution in [3.63, 3.8) is 0 Å². The number of hydrogen-bond acceptors (Lipinski definition) is 3. The molecule has 0 unspecified atom stereocenters. The number of hydrogen-bond donors (Lipinski definition) is 0. The Kier molecular flexibility index (Phi) is 5.41. The lowest BCUT2D eigenvalue weighted by molar-refractivity contribution is -0.142. The largest absolute Gasteiger partial charge is 0.433 e. The van der Waals surface area contributed by atoms with Gasteiger partial charge in [-0.15, -0.1) is 0 Å². The quantitative estimate of drug-likeness (QED) is 0.434. The highest BCUT2D eigenvalue weighted by atomic mass is 79.9. The smallest absolute Gasteiger partial charge is 0.337 e. The summed E-state index contributed by atoms with van der Waals surface area (Å²) in [7, 11) is 0. The zero-order valence-electron chi connectivity index (χ0n) is 15.0. The zero-order chi connectivity index (χ0) is 20.8. The van der Waals surface area contributed by atoms with Gasteiger partial charge in [0.1, 0.15) is 0 Å². The molecule has 1 fully saturated rings. The molecule has 0 radical (unpaired) electrons. The highest BCUT2D eigenvalue weighted by Crippen LogP contribution is 2.35. The number of halogens is 5. The van der Waals surface area contributed by atoms with Crippen LogP contribution in [0.2, 0.25) is 0 Å². The van der Waals surface area contributed by atoms with E-state index in [2.05, 4.69) is 41.9 Å². The van der Waals surface area contributed by atoms with E-state index in [4.69, 9.17) is 0 Å². The number of piperidine rings is 1. The normalized spacial score (nSPS) is 15.1. The number of fused-ring (bicyclic) bond motifs is 1. The van der Waals surface area contributed by atoms with Crippen LogP contribution in [-0.2, 0) is 6.18 Å². The summed E-state index contributed by atoms with van der Waals surface area (Å²) in [4.78, 5) is 18.8. The van der Waals surface area contributed by atoms with E-state index in [1.165, 1.54) is 0 Å². The molecule has 1 aromatic carbocycles. The summed E-state index contributed by atoms with van der Waals surface area (Å²) < 4.78 is 43.0. The van der Waals surface area contributed by atoms with Gasteiger partial charge in [0, 0.05) is 23.1 Å². The van der Waals surface area contributed by atoms with Crippen LogP contribution in [0.25, 0.3) is 16.9 Å². The number of benzene rings is 1. The van der Waals surface area contributed by atoms with Gasteiger partial charge in [-0.25, -0.2) is 9.50 Å². The van der Waals surface area contributed by atoms with Gasteiger partial charge in [0.25, 0.3) is 5.91 Å². The van der Waals surface area contributed by atoms with E-state index in [1.54, 1.807) is 29.2 Å². The minimum Gasteiger partial charge on any atom is -0.337 e. The molecule has 0 saturated carbocycles. The van der Waals surface area contributed by atoms with Crippen molar-refractivity contribution in [2.24, 2.45) is 0 Å². The topological polar surface area (TPSA) is 50.5 Å². The maximum atomic E-state index is 13.8. The molecule has 152 valence electrons. The fourth-order valence-corrected chi connectivity index (χ4v) is 4.12. The van der Waals surface area contributed by atoms with Crippen LogP contribution in [0.3, 0.4) is 0 Å². The Morgan fingerprint density at radius 2 is 1.69 bits per heavy atom. The number of nitrogens with zero attached hydrogens (tertiary/aromatic N) is 4. The van der Waals surface area contributed by atoms with Crippen LogP contribution in [0, 0.1) is 0 Å². The van der Waals surface area contributed by atoms with E-state index >= 15 is 0 Å². The summed E-state index contributed by atoms with van der Waals surface area (Å²) in [5.41, 5.74) is -0.414. The summed E-state index contributed by atoms with van der Waals surface area (Å²) in [6.45, 7) is 1.14. The fourth-order valence-electron chi connectivity index (χ4n) is 3.35. The van der Waals surface area contributed by atoms with Crippen molar-refractivity contribution < 1.29 is 18.0 Å². The molecule has 29 heavy (non-hydrogen) atoms. The van der Waals surface area contributed by atoms with Crippen molar-refractivity contribution in [1.29, 1.82) is 0 Å². The molecule has 0 bridgehead atoms. The molecule has 1 saturated heterocycles. The molecule has 5 nitrogen and oxygen atoms in total. The average molecular weight is 532 g/mol. The minimum absolute atomic E-state index is 0.0434. The van der Waals surface area contributed by atoms with Gasteiger partial charge in [0.05, 0.1) is 10.2 Å². The van der Waals surface area contributed by atoms with E-state index in [9.17, 15) is 18.0 Å². The van der Waals surface area contributed by atoms with Crippen molar-refractivity contribution in [2.75, 3.05) is 13.1 Å². The lowest BCUT2D eigenvalue weighted by Crippen LogP contribution is -2.36. The standard InChI is InChI=1S/C19H15Br2F3N4O/c20-12-6-4-11(5-7-12)13-10-14(19(22,23)24)28-17(25-13)15(21)16(26-28)18(29)27-8-2-1-3-9-27/h4-7,10H,1-3,8-9H2. The van der Waals surface area contributed by atoms with E-state index < -0.39 is 11.9 Å². The molecule has 3 heterocycles. The first-order chi connectivity index (χ1) is 13.8. The second-order valence-electron chi connectivity index (χ2n) is 6.78. The molecule has 0 N–H and O–H groups in total. The van der Waals surface area contributed by atoms with E-state index in [0.29, 0.717) is 23.2 Å². The number of aromatic nitrogens is 3. The van der Waals surface area contributed by atoms with Crippen LogP contribution in [-0.4, -0.2) is 38.5 Å². The third-order valence-electron chi connectivity index (χ3n) is 4.81. The number of carbonyl (C=O) groups excluding carboxylic acids is 1. The maximum Gasteiger partial charge on any atom is 0.433 e. The summed E-state index contributed by atoms with van der Waals surface area (Å²) in [6, 6.07) is 7.75. The van der Waals surface area contributed by atoms with E-state index in [0.717, 1.165) is 29.8 Å². The molecule has 1 amide bonds. The van der Waals surface area contributed by atoms with Crippen LogP contribution in [0.15, 0.2) is 39.3 Å². The summed E-state index contributed by atoms with van der Waals surface area (Å²) in [5.74, 6) is -0.389. The van der Waals surface area contributed by atoms with Crippen molar-refractivity contribution in [3.05, 3.63) is 50.7 Å². The summed E-state index contributed by atoms with van der Waals surface area (Å²) >= 11 is 6.58. The molecule has 0 aliphatic carbocycles. The van der Waals surface area contributed by atoms with Gasteiger partial charge in [-0.05, 0) is 53.4 Å². The first-order valence-electron chi connectivity index (χ1n) is 8.97. The lowest BCUT2D eigenvalue weighted by Gasteiger charge is -2.25. The maximum absolute atomic E-state index is 13.8. The van der Waals surface area contributed by atoms with Crippen molar-refractivity contribution in [1.82, 2.24) is 19.5 Å². The highest BCUT2D eigenvalue weighted by molar-refractivity contribution is 9.11. The van der Waals surface area contributed by atoms with Gasteiger partial charge >= 0.3 is 6.18 Å². The van der Waals surface area contributed by atoms with E-state index in [1.807, 2.05) is 0 Å². The third-order valence-corrected chi connectivity index (χ3v) is 6.07. The van der Waals surface area contributed by atoms with Gasteiger partial charge in [0.15, 0.2) is 17.0 Å². The van der Waals surface area contributed by atoms with Crippen LogP contribution >= 0.6 is 31.9 Å². The molecule has 1 aliphatic rings. The van der Waals surface area contributed by atoms with Gasteiger partial charge in [-0.1, -0.05) is 28.1 Å². The number of likely N-dealkylation sites (tertiary alicyclic amines) is 1. The Bertz CT molecular complexity index is 1070. The molecule has 10 heteroatoms. The lowest BCUT2D eigenvalue weighted by atomic mass is 10.1. The molecule has 1 aliphatic heterocycles. The van der Waals surface area contributed by atoms with Crippen LogP contribution in [0.4, 0.5) is 13.2 Å². The molecular weight excluding hydrogens is 517 g/mol. The fraction of sp³-hybridized carbons (Fsp3) is 0.316. The highest BCUT2D eigenvalue weighted by Gasteiger charge is 2.37. The number of alkyl halides is 3. The average Bonchev–Trinajstić information content (AvgIpc) is 3.04. The number of carbonyl (C=O) groups is 1. The van der Waals surface area contributed by atoms with Crippen molar-refractivity contribution in [3.8, 4) is 11.3 Å². The summed E-state index contributed by atoms with van der Waals surface area (Å²) in [5, 5.41) is 3.99. The second-order valence-corrected chi connectivity index (χ2v) is 8.49. The van der Waals surface area contributed by atoms with Gasteiger partial charge in [-0.3, -0.25) is 4.79 Å². The Morgan fingerprint density at radius 3 is 2.31 bits per heavy atom. The van der Waals surface area contributed by atoms with Crippen LogP contribution < -0.4 is 0 Å². The zero-order valence-corrected chi connectivity index (χ0v) is 18.2. The molecule has 0 atom stereocenters. The van der Waals surface area contributed by atoms with Gasteiger partial charge in [0.2, 0.25) is 0 Å². The molecule has 0 spiro atoms. The Hall–Kier alpha value is -1.94. The van der Waals surface area contributed by atoms with Gasteiger partial charge in [-0.2, -0.15) is 18.3 Å². The van der Waals surface area contributed by atoms with Crippen LogP contribution in [0.1, 0.15) is 35.4 Å². The second kappa shape index (κ2) is 7.71. The predicted octanol–water partition coefficient (Wildman–Crippen LogP) is 5.57. The molecule has 4 rings (SSSR count). The Balaban J connectivity index is 1.88. The Morgan fingerprint density at radius 1 is 1.03 bits per heavy atom. The first-order valence-corrected chi connectivity index (χ1v) is 10.6.